The first-order chi connectivity index (χ1) is 5.79. The first kappa shape index (κ1) is 8.10. The smallest absolute Gasteiger partial charge is 0.0904 e. The van der Waals surface area contributed by atoms with Crippen LogP contribution in [-0.4, -0.2) is 4.98 Å². The van der Waals surface area contributed by atoms with Crippen molar-refractivity contribution >= 4 is 50.8 Å². The molecule has 62 valence electrons. The SMILES string of the molecule is ClN(Cl)c1cccc2ncsc12. The van der Waals surface area contributed by atoms with Crippen LogP contribution in [0.5, 0.6) is 0 Å². The molecular weight excluding hydrogens is 215 g/mol. The minimum atomic E-state index is 0.776. The quantitative estimate of drug-likeness (QED) is 0.683. The predicted molar refractivity (Wildman–Crippen MR) is 53.8 cm³/mol. The number of benzene rings is 1. The van der Waals surface area contributed by atoms with Crippen LogP contribution in [0.1, 0.15) is 0 Å². The third-order valence-corrected chi connectivity index (χ3v) is 2.75. The average Bonchev–Trinajstić information content (AvgIpc) is 2.49. The zero-order valence-electron chi connectivity index (χ0n) is 5.87. The van der Waals surface area contributed by atoms with Crippen molar-refractivity contribution < 1.29 is 0 Å². The van der Waals surface area contributed by atoms with Gasteiger partial charge in [-0.1, -0.05) is 6.07 Å². The second-order valence-electron chi connectivity index (χ2n) is 2.21. The number of hydrogen-bond acceptors (Lipinski definition) is 3. The van der Waals surface area contributed by atoms with Crippen molar-refractivity contribution in [1.29, 1.82) is 0 Å². The van der Waals surface area contributed by atoms with Crippen molar-refractivity contribution in [2.45, 2.75) is 0 Å². The third-order valence-electron chi connectivity index (χ3n) is 1.52. The highest BCUT2D eigenvalue weighted by Crippen LogP contribution is 2.31. The Balaban J connectivity index is 2.73. The maximum atomic E-state index is 5.62. The van der Waals surface area contributed by atoms with E-state index in [0.717, 1.165) is 19.8 Å². The van der Waals surface area contributed by atoms with Gasteiger partial charge in [0.2, 0.25) is 0 Å². The Morgan fingerprint density at radius 2 is 2.17 bits per heavy atom. The van der Waals surface area contributed by atoms with E-state index >= 15 is 0 Å². The Bertz CT molecular complexity index is 399. The fraction of sp³-hybridized carbons (Fsp3) is 0. The molecule has 0 fully saturated rings. The molecule has 1 heterocycles. The molecule has 0 radical (unpaired) electrons. The van der Waals surface area contributed by atoms with Gasteiger partial charge in [0.25, 0.3) is 0 Å². The molecule has 0 amide bonds. The van der Waals surface area contributed by atoms with E-state index in [0.29, 0.717) is 0 Å². The van der Waals surface area contributed by atoms with Gasteiger partial charge >= 0.3 is 0 Å². The lowest BCUT2D eigenvalue weighted by Gasteiger charge is -2.04. The van der Waals surface area contributed by atoms with E-state index < -0.39 is 0 Å². The number of fused-ring (bicyclic) bond motifs is 1. The van der Waals surface area contributed by atoms with Crippen LogP contribution in [0, 0.1) is 0 Å². The van der Waals surface area contributed by atoms with Crippen molar-refractivity contribution in [2.75, 3.05) is 3.94 Å². The summed E-state index contributed by atoms with van der Waals surface area (Å²) < 4.78 is 2.06. The molecule has 2 rings (SSSR count). The van der Waals surface area contributed by atoms with Crippen LogP contribution < -0.4 is 3.94 Å². The van der Waals surface area contributed by atoms with Crippen LogP contribution >= 0.6 is 34.9 Å². The lowest BCUT2D eigenvalue weighted by atomic mass is 10.3. The third kappa shape index (κ3) is 1.24. The summed E-state index contributed by atoms with van der Waals surface area (Å²) in [6.45, 7) is 0. The second kappa shape index (κ2) is 3.09. The molecule has 2 aromatic rings. The van der Waals surface area contributed by atoms with E-state index in [2.05, 4.69) is 4.98 Å². The summed E-state index contributed by atoms with van der Waals surface area (Å²) in [6, 6.07) is 5.64. The number of rotatable bonds is 1. The van der Waals surface area contributed by atoms with Gasteiger partial charge in [-0.25, -0.2) is 4.98 Å². The van der Waals surface area contributed by atoms with Gasteiger partial charge in [0, 0.05) is 23.6 Å². The van der Waals surface area contributed by atoms with E-state index in [1.165, 1.54) is 11.3 Å². The van der Waals surface area contributed by atoms with E-state index in [4.69, 9.17) is 23.6 Å². The highest BCUT2D eigenvalue weighted by Gasteiger charge is 2.06. The first-order valence-electron chi connectivity index (χ1n) is 3.23. The summed E-state index contributed by atoms with van der Waals surface area (Å²) in [7, 11) is 0. The number of nitrogens with zero attached hydrogens (tertiary/aromatic N) is 2. The largest absolute Gasteiger partial charge is 0.245 e. The van der Waals surface area contributed by atoms with E-state index in [1.54, 1.807) is 5.51 Å². The van der Waals surface area contributed by atoms with Crippen molar-refractivity contribution in [1.82, 2.24) is 4.98 Å². The summed E-state index contributed by atoms with van der Waals surface area (Å²) in [4.78, 5) is 4.14. The van der Waals surface area contributed by atoms with Crippen LogP contribution in [0.3, 0.4) is 0 Å². The van der Waals surface area contributed by atoms with Crippen LogP contribution in [0.25, 0.3) is 10.2 Å². The van der Waals surface area contributed by atoms with Gasteiger partial charge in [0.1, 0.15) is 0 Å². The van der Waals surface area contributed by atoms with Gasteiger partial charge in [-0.05, 0) is 12.1 Å². The first-order valence-corrected chi connectivity index (χ1v) is 4.78. The molecule has 0 spiro atoms. The number of anilines is 1. The fourth-order valence-corrected chi connectivity index (χ4v) is 2.18. The monoisotopic (exact) mass is 218 g/mol. The molecule has 5 heteroatoms. The molecular formula is C7H4Cl2N2S. The molecule has 0 N–H and O–H groups in total. The van der Waals surface area contributed by atoms with Crippen molar-refractivity contribution in [3.05, 3.63) is 23.7 Å². The minimum Gasteiger partial charge on any atom is -0.245 e. The molecule has 2 nitrogen and oxygen atoms in total. The van der Waals surface area contributed by atoms with Gasteiger partial charge in [0.15, 0.2) is 0 Å². The molecule has 12 heavy (non-hydrogen) atoms. The van der Waals surface area contributed by atoms with Gasteiger partial charge < -0.3 is 0 Å². The van der Waals surface area contributed by atoms with Gasteiger partial charge in [0.05, 0.1) is 21.4 Å². The van der Waals surface area contributed by atoms with Crippen LogP contribution in [0.4, 0.5) is 5.69 Å². The Labute approximate surface area is 83.6 Å². The zero-order chi connectivity index (χ0) is 8.55. The molecule has 0 aliphatic carbocycles. The van der Waals surface area contributed by atoms with Gasteiger partial charge in [-0.3, -0.25) is 0 Å². The molecule has 1 aromatic carbocycles. The van der Waals surface area contributed by atoms with Gasteiger partial charge in [-0.2, -0.15) is 3.94 Å². The zero-order valence-corrected chi connectivity index (χ0v) is 8.20. The van der Waals surface area contributed by atoms with Crippen LogP contribution in [0.2, 0.25) is 0 Å². The summed E-state index contributed by atoms with van der Waals surface area (Å²) in [5.74, 6) is 0. The summed E-state index contributed by atoms with van der Waals surface area (Å²) in [6.07, 6.45) is 0. The molecule has 0 aliphatic heterocycles. The number of aromatic nitrogens is 1. The Kier molecular flexibility index (Phi) is 2.09. The Morgan fingerprint density at radius 1 is 1.33 bits per heavy atom. The molecule has 0 saturated carbocycles. The van der Waals surface area contributed by atoms with E-state index in [1.807, 2.05) is 18.2 Å². The molecule has 0 bridgehead atoms. The van der Waals surface area contributed by atoms with E-state index in [-0.39, 0.29) is 0 Å². The highest BCUT2D eigenvalue weighted by molar-refractivity contribution is 7.17. The van der Waals surface area contributed by atoms with Crippen molar-refractivity contribution in [3.8, 4) is 0 Å². The second-order valence-corrected chi connectivity index (χ2v) is 3.91. The number of hydrogen-bond donors (Lipinski definition) is 0. The average molecular weight is 219 g/mol. The summed E-state index contributed by atoms with van der Waals surface area (Å²) in [5.41, 5.74) is 3.47. The molecule has 0 unspecified atom stereocenters. The van der Waals surface area contributed by atoms with E-state index in [9.17, 15) is 0 Å². The number of halogens is 2. The lowest BCUT2D eigenvalue weighted by Crippen LogP contribution is -1.90. The molecule has 0 atom stereocenters. The summed E-state index contributed by atoms with van der Waals surface area (Å²) in [5, 5.41) is 0. The Morgan fingerprint density at radius 3 is 2.92 bits per heavy atom. The Hall–Kier alpha value is -0.510. The molecule has 0 saturated heterocycles. The number of thiazole rings is 1. The van der Waals surface area contributed by atoms with Gasteiger partial charge in [-0.15, -0.1) is 11.3 Å². The lowest BCUT2D eigenvalue weighted by molar-refractivity contribution is 1.50. The normalized spacial score (nSPS) is 10.5. The topological polar surface area (TPSA) is 16.1 Å². The van der Waals surface area contributed by atoms with Crippen LogP contribution in [-0.2, 0) is 0 Å². The van der Waals surface area contributed by atoms with Crippen LogP contribution in [0.15, 0.2) is 23.7 Å². The van der Waals surface area contributed by atoms with Crippen molar-refractivity contribution in [3.63, 3.8) is 0 Å². The minimum absolute atomic E-state index is 0.776. The molecule has 1 aromatic heterocycles. The predicted octanol–water partition coefficient (Wildman–Crippen LogP) is 3.41. The standard InChI is InChI=1S/C7H4Cl2N2S/c8-11(9)6-3-1-2-5-7(6)12-4-10-5/h1-4H. The highest BCUT2D eigenvalue weighted by atomic mass is 35.5. The fourth-order valence-electron chi connectivity index (χ4n) is 1.00. The molecule has 0 aliphatic rings. The van der Waals surface area contributed by atoms with Crippen molar-refractivity contribution in [2.24, 2.45) is 0 Å². The maximum absolute atomic E-state index is 5.62. The summed E-state index contributed by atoms with van der Waals surface area (Å²) >= 11 is 12.8. The maximum Gasteiger partial charge on any atom is 0.0904 e.